The highest BCUT2D eigenvalue weighted by Gasteiger charge is 2.17. The number of esters is 1. The number of ether oxygens (including phenoxy) is 2. The van der Waals surface area contributed by atoms with Crippen LogP contribution >= 0.6 is 0 Å². The number of carbonyl (C=O) groups excluding carboxylic acids is 1. The number of rotatable bonds is 8. The highest BCUT2D eigenvalue weighted by Crippen LogP contribution is 2.38. The van der Waals surface area contributed by atoms with Crippen LogP contribution in [0, 0.1) is 0 Å². The summed E-state index contributed by atoms with van der Waals surface area (Å²) in [6.45, 7) is 0.407. The summed E-state index contributed by atoms with van der Waals surface area (Å²) >= 11 is 0. The smallest absolute Gasteiger partial charge is 0.338 e. The van der Waals surface area contributed by atoms with Crippen molar-refractivity contribution >= 4 is 17.3 Å². The second-order valence-electron chi connectivity index (χ2n) is 7.20. The molecule has 4 rings (SSSR count). The van der Waals surface area contributed by atoms with Gasteiger partial charge in [0.1, 0.15) is 13.2 Å². The molecule has 0 spiro atoms. The lowest BCUT2D eigenvalue weighted by Crippen LogP contribution is -2.07. The highest BCUT2D eigenvalue weighted by atomic mass is 16.5. The van der Waals surface area contributed by atoms with E-state index >= 15 is 0 Å². The minimum atomic E-state index is -0.505. The third-order valence-corrected chi connectivity index (χ3v) is 4.81. The topological polar surface area (TPSA) is 67.8 Å². The zero-order valence-electron chi connectivity index (χ0n) is 17.4. The molecule has 0 amide bonds. The van der Waals surface area contributed by atoms with Crippen LogP contribution in [-0.4, -0.2) is 11.1 Å². The van der Waals surface area contributed by atoms with Crippen LogP contribution in [0.25, 0.3) is 0 Å². The monoisotopic (exact) mass is 425 g/mol. The zero-order valence-corrected chi connectivity index (χ0v) is 17.4. The number of benzene rings is 4. The number of phenols is 1. The summed E-state index contributed by atoms with van der Waals surface area (Å²) in [6, 6.07) is 31.5. The molecule has 0 saturated heterocycles. The van der Waals surface area contributed by atoms with Crippen molar-refractivity contribution in [2.75, 3.05) is 5.32 Å². The van der Waals surface area contributed by atoms with Crippen molar-refractivity contribution in [1.82, 2.24) is 0 Å². The Hall–Kier alpha value is -4.25. The van der Waals surface area contributed by atoms with E-state index in [4.69, 9.17) is 9.47 Å². The van der Waals surface area contributed by atoms with Crippen molar-refractivity contribution < 1.29 is 19.4 Å². The summed E-state index contributed by atoms with van der Waals surface area (Å²) < 4.78 is 11.3. The van der Waals surface area contributed by atoms with E-state index in [1.54, 1.807) is 6.07 Å². The third kappa shape index (κ3) is 5.46. The maximum atomic E-state index is 12.8. The molecular weight excluding hydrogens is 402 g/mol. The van der Waals surface area contributed by atoms with E-state index in [-0.39, 0.29) is 30.3 Å². The lowest BCUT2D eigenvalue weighted by atomic mass is 10.1. The molecule has 160 valence electrons. The maximum Gasteiger partial charge on any atom is 0.338 e. The minimum Gasteiger partial charge on any atom is -0.503 e. The summed E-state index contributed by atoms with van der Waals surface area (Å²) in [5, 5.41) is 13.9. The van der Waals surface area contributed by atoms with Gasteiger partial charge in [-0.3, -0.25) is 0 Å². The molecule has 0 unspecified atom stereocenters. The van der Waals surface area contributed by atoms with Gasteiger partial charge in [0.25, 0.3) is 0 Å². The Kier molecular flexibility index (Phi) is 6.68. The number of anilines is 2. The number of aromatic hydroxyl groups is 1. The van der Waals surface area contributed by atoms with Crippen molar-refractivity contribution in [3.05, 3.63) is 120 Å². The molecule has 0 saturated carbocycles. The van der Waals surface area contributed by atoms with Crippen LogP contribution in [0.3, 0.4) is 0 Å². The number of nitrogens with one attached hydrogen (secondary N) is 1. The van der Waals surface area contributed by atoms with Gasteiger partial charge in [0.15, 0.2) is 11.5 Å². The van der Waals surface area contributed by atoms with Crippen molar-refractivity contribution in [3.8, 4) is 11.5 Å². The van der Waals surface area contributed by atoms with E-state index in [9.17, 15) is 9.90 Å². The normalized spacial score (nSPS) is 10.4. The Morgan fingerprint density at radius 2 is 1.31 bits per heavy atom. The summed E-state index contributed by atoms with van der Waals surface area (Å²) in [5.41, 5.74) is 3.24. The molecule has 0 radical (unpaired) electrons. The molecule has 32 heavy (non-hydrogen) atoms. The fraction of sp³-hybridized carbons (Fsp3) is 0.0741. The fourth-order valence-electron chi connectivity index (χ4n) is 3.15. The average molecular weight is 425 g/mol. The Morgan fingerprint density at radius 3 is 1.94 bits per heavy atom. The van der Waals surface area contributed by atoms with E-state index in [1.807, 2.05) is 91.0 Å². The number of para-hydroxylation sites is 1. The van der Waals surface area contributed by atoms with Crippen molar-refractivity contribution in [1.29, 1.82) is 0 Å². The van der Waals surface area contributed by atoms with Gasteiger partial charge in [0, 0.05) is 5.69 Å². The number of hydrogen-bond donors (Lipinski definition) is 2. The van der Waals surface area contributed by atoms with Gasteiger partial charge in [0.05, 0.1) is 11.3 Å². The Morgan fingerprint density at radius 1 is 0.750 bits per heavy atom. The minimum absolute atomic E-state index is 0.0793. The summed E-state index contributed by atoms with van der Waals surface area (Å²) in [6.07, 6.45) is 0. The molecule has 0 aromatic heterocycles. The first-order chi connectivity index (χ1) is 15.7. The fourth-order valence-corrected chi connectivity index (χ4v) is 3.15. The quantitative estimate of drug-likeness (QED) is 0.265. The Labute approximate surface area is 186 Å². The molecule has 5 nitrogen and oxygen atoms in total. The second-order valence-corrected chi connectivity index (χ2v) is 7.20. The van der Waals surface area contributed by atoms with E-state index in [1.165, 1.54) is 6.07 Å². The van der Waals surface area contributed by atoms with Crippen molar-refractivity contribution in [2.24, 2.45) is 0 Å². The molecular formula is C27H23NO4. The SMILES string of the molecule is O=C(OCc1ccccc1)c1cc(Nc2ccccc2)c(O)c(OCc2ccccc2)c1. The molecule has 4 aromatic rings. The standard InChI is InChI=1S/C27H23NO4/c29-26-24(28-23-14-8-3-9-15-23)16-22(27(30)32-19-21-12-6-2-7-13-21)17-25(26)31-18-20-10-4-1-5-11-20/h1-17,28-29H,18-19H2. The largest absolute Gasteiger partial charge is 0.503 e. The van der Waals surface area contributed by atoms with Crippen LogP contribution in [0.5, 0.6) is 11.5 Å². The molecule has 5 heteroatoms. The molecule has 0 aliphatic carbocycles. The number of carbonyl (C=O) groups is 1. The van der Waals surface area contributed by atoms with Crippen LogP contribution in [-0.2, 0) is 18.0 Å². The van der Waals surface area contributed by atoms with Gasteiger partial charge < -0.3 is 19.9 Å². The van der Waals surface area contributed by atoms with E-state index < -0.39 is 5.97 Å². The molecule has 0 heterocycles. The van der Waals surface area contributed by atoms with Crippen LogP contribution in [0.15, 0.2) is 103 Å². The third-order valence-electron chi connectivity index (χ3n) is 4.81. The molecule has 0 fully saturated rings. The van der Waals surface area contributed by atoms with Crippen LogP contribution in [0.4, 0.5) is 11.4 Å². The van der Waals surface area contributed by atoms with Crippen molar-refractivity contribution in [3.63, 3.8) is 0 Å². The first kappa shape index (κ1) is 21.0. The van der Waals surface area contributed by atoms with Gasteiger partial charge in [0.2, 0.25) is 0 Å². The summed E-state index contributed by atoms with van der Waals surface area (Å²) in [4.78, 5) is 12.8. The van der Waals surface area contributed by atoms with Gasteiger partial charge in [-0.15, -0.1) is 0 Å². The lowest BCUT2D eigenvalue weighted by molar-refractivity contribution is 0.0472. The molecule has 0 aliphatic heterocycles. The van der Waals surface area contributed by atoms with Gasteiger partial charge >= 0.3 is 5.97 Å². The zero-order chi connectivity index (χ0) is 22.2. The predicted octanol–water partition coefficient (Wildman–Crippen LogP) is 6.07. The van der Waals surface area contributed by atoms with Gasteiger partial charge in [-0.05, 0) is 35.4 Å². The molecule has 4 aromatic carbocycles. The Balaban J connectivity index is 1.59. The molecule has 2 N–H and O–H groups in total. The van der Waals surface area contributed by atoms with Crippen LogP contribution in [0.1, 0.15) is 21.5 Å². The first-order valence-corrected chi connectivity index (χ1v) is 10.3. The number of phenolic OH excluding ortho intramolecular Hbond substituents is 1. The average Bonchev–Trinajstić information content (AvgIpc) is 2.85. The van der Waals surface area contributed by atoms with Crippen molar-refractivity contribution in [2.45, 2.75) is 13.2 Å². The predicted molar refractivity (Wildman–Crippen MR) is 124 cm³/mol. The number of hydrogen-bond acceptors (Lipinski definition) is 5. The van der Waals surface area contributed by atoms with Crippen LogP contribution < -0.4 is 10.1 Å². The van der Waals surface area contributed by atoms with Gasteiger partial charge in [-0.1, -0.05) is 78.9 Å². The van der Waals surface area contributed by atoms with E-state index in [0.29, 0.717) is 5.69 Å². The Bertz CT molecular complexity index is 1160. The molecule has 0 aliphatic rings. The second kappa shape index (κ2) is 10.2. The summed E-state index contributed by atoms with van der Waals surface area (Å²) in [7, 11) is 0. The van der Waals surface area contributed by atoms with E-state index in [0.717, 1.165) is 16.8 Å². The van der Waals surface area contributed by atoms with Crippen LogP contribution in [0.2, 0.25) is 0 Å². The maximum absolute atomic E-state index is 12.8. The summed E-state index contributed by atoms with van der Waals surface area (Å²) in [5.74, 6) is -0.389. The lowest BCUT2D eigenvalue weighted by Gasteiger charge is -2.15. The first-order valence-electron chi connectivity index (χ1n) is 10.3. The van der Waals surface area contributed by atoms with Gasteiger partial charge in [-0.2, -0.15) is 0 Å². The highest BCUT2D eigenvalue weighted by molar-refractivity contribution is 5.92. The van der Waals surface area contributed by atoms with E-state index in [2.05, 4.69) is 5.32 Å². The molecule has 0 atom stereocenters. The van der Waals surface area contributed by atoms with Gasteiger partial charge in [-0.25, -0.2) is 4.79 Å². The molecule has 0 bridgehead atoms.